The Bertz CT molecular complexity index is 1020. The monoisotopic (exact) mass is 395 g/mol. The number of aromatic nitrogens is 1. The van der Waals surface area contributed by atoms with Crippen LogP contribution in [0.2, 0.25) is 5.15 Å². The second-order valence-corrected chi connectivity index (χ2v) is 7.61. The summed E-state index contributed by atoms with van der Waals surface area (Å²) in [5.74, 6) is -0.0419. The molecule has 0 radical (unpaired) electrons. The normalized spacial score (nSPS) is 11.2. The Morgan fingerprint density at radius 2 is 1.89 bits per heavy atom. The quantitative estimate of drug-likeness (QED) is 0.588. The third-order valence-electron chi connectivity index (χ3n) is 5.06. The van der Waals surface area contributed by atoms with E-state index in [1.165, 1.54) is 5.56 Å². The van der Waals surface area contributed by atoms with Gasteiger partial charge in [-0.2, -0.15) is 0 Å². The smallest absolute Gasteiger partial charge is 0.238 e. The first kappa shape index (κ1) is 20.3. The van der Waals surface area contributed by atoms with Gasteiger partial charge in [-0.15, -0.1) is 0 Å². The van der Waals surface area contributed by atoms with Crippen molar-refractivity contribution >= 4 is 34.1 Å². The van der Waals surface area contributed by atoms with Crippen molar-refractivity contribution in [2.75, 3.05) is 18.9 Å². The van der Waals surface area contributed by atoms with E-state index >= 15 is 0 Å². The van der Waals surface area contributed by atoms with Crippen LogP contribution in [0.3, 0.4) is 0 Å². The number of nitrogens with zero attached hydrogens (tertiary/aromatic N) is 2. The SMILES string of the molecule is CCc1ccccc1NC(=O)CN(C)Cc1cc2ccc(C)c(C)c2nc1Cl. The number of amides is 1. The van der Waals surface area contributed by atoms with Crippen molar-refractivity contribution in [3.63, 3.8) is 0 Å². The maximum absolute atomic E-state index is 12.5. The number of halogens is 1. The van der Waals surface area contributed by atoms with E-state index in [4.69, 9.17) is 11.6 Å². The molecule has 0 aliphatic carbocycles. The molecule has 0 unspecified atom stereocenters. The predicted molar refractivity (Wildman–Crippen MR) is 117 cm³/mol. The standard InChI is InChI=1S/C23H26ClN3O/c1-5-17-8-6-7-9-20(17)25-21(28)14-27(4)13-19-12-18-11-10-15(2)16(3)22(18)26-23(19)24/h6-12H,5,13-14H2,1-4H3,(H,25,28). The predicted octanol–water partition coefficient (Wildman–Crippen LogP) is 5.14. The molecule has 0 fully saturated rings. The van der Waals surface area contributed by atoms with Crippen molar-refractivity contribution in [1.29, 1.82) is 0 Å². The van der Waals surface area contributed by atoms with Gasteiger partial charge < -0.3 is 5.32 Å². The maximum atomic E-state index is 12.5. The number of nitrogens with one attached hydrogen (secondary N) is 1. The molecular weight excluding hydrogens is 370 g/mol. The number of carbonyl (C=O) groups is 1. The highest BCUT2D eigenvalue weighted by Crippen LogP contribution is 2.25. The van der Waals surface area contributed by atoms with Crippen molar-refractivity contribution in [2.24, 2.45) is 0 Å². The van der Waals surface area contributed by atoms with E-state index in [9.17, 15) is 4.79 Å². The van der Waals surface area contributed by atoms with Gasteiger partial charge in [-0.3, -0.25) is 9.69 Å². The van der Waals surface area contributed by atoms with Crippen LogP contribution in [-0.2, 0) is 17.8 Å². The summed E-state index contributed by atoms with van der Waals surface area (Å²) >= 11 is 6.44. The number of rotatable bonds is 6. The summed E-state index contributed by atoms with van der Waals surface area (Å²) in [4.78, 5) is 19.0. The van der Waals surface area contributed by atoms with Gasteiger partial charge in [0.25, 0.3) is 0 Å². The molecule has 1 heterocycles. The molecule has 0 saturated heterocycles. The second-order valence-electron chi connectivity index (χ2n) is 7.25. The van der Waals surface area contributed by atoms with Crippen molar-refractivity contribution in [1.82, 2.24) is 9.88 Å². The van der Waals surface area contributed by atoms with Gasteiger partial charge in [0.15, 0.2) is 0 Å². The molecule has 0 saturated carbocycles. The summed E-state index contributed by atoms with van der Waals surface area (Å²) < 4.78 is 0. The first-order valence-corrected chi connectivity index (χ1v) is 9.88. The zero-order chi connectivity index (χ0) is 20.3. The lowest BCUT2D eigenvalue weighted by molar-refractivity contribution is -0.117. The van der Waals surface area contributed by atoms with Gasteiger partial charge in [0.1, 0.15) is 5.15 Å². The largest absolute Gasteiger partial charge is 0.325 e. The summed E-state index contributed by atoms with van der Waals surface area (Å²) in [6.07, 6.45) is 0.879. The topological polar surface area (TPSA) is 45.2 Å². The summed E-state index contributed by atoms with van der Waals surface area (Å²) in [7, 11) is 1.91. The molecule has 146 valence electrons. The molecule has 0 aliphatic heterocycles. The van der Waals surface area contributed by atoms with Crippen LogP contribution < -0.4 is 5.32 Å². The number of benzene rings is 2. The molecule has 0 atom stereocenters. The zero-order valence-corrected chi connectivity index (χ0v) is 17.6. The van der Waals surface area contributed by atoms with E-state index in [2.05, 4.69) is 49.3 Å². The molecule has 3 rings (SSSR count). The van der Waals surface area contributed by atoms with Crippen LogP contribution in [0.15, 0.2) is 42.5 Å². The maximum Gasteiger partial charge on any atom is 0.238 e. The molecular formula is C23H26ClN3O. The molecule has 2 aromatic carbocycles. The van der Waals surface area contributed by atoms with E-state index in [0.29, 0.717) is 11.7 Å². The molecule has 28 heavy (non-hydrogen) atoms. The molecule has 0 aliphatic rings. The number of aryl methyl sites for hydroxylation is 3. The first-order chi connectivity index (χ1) is 13.4. The van der Waals surface area contributed by atoms with Gasteiger partial charge >= 0.3 is 0 Å². The molecule has 0 spiro atoms. The lowest BCUT2D eigenvalue weighted by atomic mass is 10.0. The fourth-order valence-corrected chi connectivity index (χ4v) is 3.55. The van der Waals surface area contributed by atoms with Gasteiger partial charge in [0, 0.05) is 23.2 Å². The Morgan fingerprint density at radius 3 is 2.64 bits per heavy atom. The molecule has 3 aromatic rings. The summed E-state index contributed by atoms with van der Waals surface area (Å²) in [6.45, 7) is 7.04. The highest BCUT2D eigenvalue weighted by atomic mass is 35.5. The van der Waals surface area contributed by atoms with Crippen molar-refractivity contribution in [3.05, 3.63) is 69.9 Å². The van der Waals surface area contributed by atoms with E-state index in [1.807, 2.05) is 36.2 Å². The average Bonchev–Trinajstić information content (AvgIpc) is 2.66. The van der Waals surface area contributed by atoms with Crippen LogP contribution >= 0.6 is 11.6 Å². The molecule has 0 bridgehead atoms. The van der Waals surface area contributed by atoms with E-state index in [1.54, 1.807) is 0 Å². The minimum atomic E-state index is -0.0419. The number of hydrogen-bond acceptors (Lipinski definition) is 3. The van der Waals surface area contributed by atoms with Crippen LogP contribution in [0.4, 0.5) is 5.69 Å². The van der Waals surface area contributed by atoms with Crippen molar-refractivity contribution < 1.29 is 4.79 Å². The Morgan fingerprint density at radius 1 is 1.14 bits per heavy atom. The Hall–Kier alpha value is -2.43. The number of likely N-dealkylation sites (N-methyl/N-ethyl adjacent to an activating group) is 1. The third-order valence-corrected chi connectivity index (χ3v) is 5.39. The Balaban J connectivity index is 1.70. The highest BCUT2D eigenvalue weighted by molar-refractivity contribution is 6.30. The molecule has 5 heteroatoms. The van der Waals surface area contributed by atoms with E-state index < -0.39 is 0 Å². The first-order valence-electron chi connectivity index (χ1n) is 9.50. The van der Waals surface area contributed by atoms with Gasteiger partial charge in [-0.1, -0.05) is 48.9 Å². The second kappa shape index (κ2) is 8.72. The van der Waals surface area contributed by atoms with Crippen LogP contribution in [0, 0.1) is 13.8 Å². The minimum absolute atomic E-state index is 0.0419. The molecule has 1 aromatic heterocycles. The zero-order valence-electron chi connectivity index (χ0n) is 16.8. The van der Waals surface area contributed by atoms with Gasteiger partial charge in [0.05, 0.1) is 12.1 Å². The van der Waals surface area contributed by atoms with E-state index in [0.717, 1.165) is 39.7 Å². The molecule has 1 N–H and O–H groups in total. The third kappa shape index (κ3) is 4.51. The number of carbonyl (C=O) groups excluding carboxylic acids is 1. The summed E-state index contributed by atoms with van der Waals surface area (Å²) in [5.41, 5.74) is 6.20. The van der Waals surface area contributed by atoms with Crippen LogP contribution in [0.1, 0.15) is 29.2 Å². The van der Waals surface area contributed by atoms with Gasteiger partial charge in [-0.05, 0) is 56.1 Å². The van der Waals surface area contributed by atoms with Crippen LogP contribution in [0.5, 0.6) is 0 Å². The number of para-hydroxylation sites is 1. The average molecular weight is 396 g/mol. The minimum Gasteiger partial charge on any atom is -0.325 e. The van der Waals surface area contributed by atoms with Gasteiger partial charge in [-0.25, -0.2) is 4.98 Å². The molecule has 4 nitrogen and oxygen atoms in total. The number of pyridine rings is 1. The lowest BCUT2D eigenvalue weighted by Crippen LogP contribution is -2.30. The fraction of sp³-hybridized carbons (Fsp3) is 0.304. The number of anilines is 1. The fourth-order valence-electron chi connectivity index (χ4n) is 3.35. The van der Waals surface area contributed by atoms with Crippen molar-refractivity contribution in [3.8, 4) is 0 Å². The summed E-state index contributed by atoms with van der Waals surface area (Å²) in [6, 6.07) is 14.1. The highest BCUT2D eigenvalue weighted by Gasteiger charge is 2.13. The molecule has 1 amide bonds. The van der Waals surface area contributed by atoms with Gasteiger partial charge in [0.2, 0.25) is 5.91 Å². The number of fused-ring (bicyclic) bond motifs is 1. The van der Waals surface area contributed by atoms with E-state index in [-0.39, 0.29) is 12.5 Å². The Labute approximate surface area is 171 Å². The van der Waals surface area contributed by atoms with Crippen LogP contribution in [0.25, 0.3) is 10.9 Å². The Kier molecular flexibility index (Phi) is 6.32. The summed E-state index contributed by atoms with van der Waals surface area (Å²) in [5, 5.41) is 4.56. The van der Waals surface area contributed by atoms with Crippen LogP contribution in [-0.4, -0.2) is 29.4 Å². The number of hydrogen-bond donors (Lipinski definition) is 1. The van der Waals surface area contributed by atoms with Crippen molar-refractivity contribution in [2.45, 2.75) is 33.7 Å². The lowest BCUT2D eigenvalue weighted by Gasteiger charge is -2.18.